The number of carboxylic acid groups (broad SMARTS) is 2. The van der Waals surface area contributed by atoms with Crippen LogP contribution >= 0.6 is 0 Å². The summed E-state index contributed by atoms with van der Waals surface area (Å²) < 4.78 is 0. The number of carbonyl (C=O) groups excluding carboxylic acids is 1. The third-order valence-electron chi connectivity index (χ3n) is 4.18. The monoisotopic (exact) mass is 386 g/mol. The van der Waals surface area contributed by atoms with Gasteiger partial charge in [0.25, 0.3) is 0 Å². The van der Waals surface area contributed by atoms with Gasteiger partial charge in [0.2, 0.25) is 0 Å². The number of rotatable bonds is 8. The van der Waals surface area contributed by atoms with Crippen LogP contribution < -0.4 is 5.32 Å². The number of aliphatic hydroxyl groups excluding tert-OH is 1. The van der Waals surface area contributed by atoms with E-state index in [1.807, 2.05) is 42.5 Å². The molecule has 0 heterocycles. The third-order valence-corrected chi connectivity index (χ3v) is 4.18. The first kappa shape index (κ1) is 20.9. The number of urea groups is 1. The Hall–Kier alpha value is -3.39. The fraction of sp³-hybridized carbons (Fsp3) is 0.250. The van der Waals surface area contributed by atoms with E-state index in [1.54, 1.807) is 12.1 Å². The zero-order chi connectivity index (χ0) is 20.7. The molecule has 0 aromatic heterocycles. The van der Waals surface area contributed by atoms with Crippen molar-refractivity contribution in [2.45, 2.75) is 18.6 Å². The molecular weight excluding hydrogens is 364 g/mol. The van der Waals surface area contributed by atoms with Crippen molar-refractivity contribution in [2.24, 2.45) is 0 Å². The molecule has 4 N–H and O–H groups in total. The largest absolute Gasteiger partial charge is 0.480 e. The molecule has 2 aromatic rings. The second-order valence-corrected chi connectivity index (χ2v) is 6.34. The molecule has 0 saturated heterocycles. The van der Waals surface area contributed by atoms with E-state index in [9.17, 15) is 24.6 Å². The van der Waals surface area contributed by atoms with E-state index in [2.05, 4.69) is 5.32 Å². The van der Waals surface area contributed by atoms with Crippen LogP contribution in [0.3, 0.4) is 0 Å². The molecule has 0 aliphatic carbocycles. The van der Waals surface area contributed by atoms with E-state index < -0.39 is 36.7 Å². The normalized spacial score (nSPS) is 12.6. The van der Waals surface area contributed by atoms with Gasteiger partial charge in [0.05, 0.1) is 6.54 Å². The number of carboxylic acids is 2. The first-order chi connectivity index (χ1) is 13.3. The first-order valence-electron chi connectivity index (χ1n) is 8.57. The second kappa shape index (κ2) is 9.52. The lowest BCUT2D eigenvalue weighted by Gasteiger charge is -2.22. The van der Waals surface area contributed by atoms with E-state index in [0.717, 1.165) is 21.6 Å². The fourth-order valence-corrected chi connectivity index (χ4v) is 2.58. The summed E-state index contributed by atoms with van der Waals surface area (Å²) in [5.74, 6) is -2.68. The molecule has 0 saturated carbocycles. The summed E-state index contributed by atoms with van der Waals surface area (Å²) in [6.07, 6.45) is -1.68. The number of hydrogen-bond donors (Lipinski definition) is 4. The molecule has 2 rings (SSSR count). The number of nitrogens with one attached hydrogen (secondary N) is 1. The third kappa shape index (κ3) is 5.82. The molecule has 2 aromatic carbocycles. The zero-order valence-corrected chi connectivity index (χ0v) is 15.3. The number of benzene rings is 2. The number of hydrogen-bond acceptors (Lipinski definition) is 4. The van der Waals surface area contributed by atoms with Gasteiger partial charge in [0, 0.05) is 13.5 Å². The number of aliphatic hydroxyl groups is 1. The van der Waals surface area contributed by atoms with Crippen LogP contribution in [0.5, 0.6) is 0 Å². The van der Waals surface area contributed by atoms with E-state index >= 15 is 0 Å². The highest BCUT2D eigenvalue weighted by molar-refractivity contribution is 5.83. The average Bonchev–Trinajstić information content (AvgIpc) is 2.68. The molecule has 28 heavy (non-hydrogen) atoms. The van der Waals surface area contributed by atoms with Crippen molar-refractivity contribution in [1.82, 2.24) is 10.2 Å². The summed E-state index contributed by atoms with van der Waals surface area (Å²) in [6, 6.07) is 15.1. The van der Waals surface area contributed by atoms with Crippen molar-refractivity contribution in [1.29, 1.82) is 0 Å². The number of carbonyl (C=O) groups is 3. The van der Waals surface area contributed by atoms with Crippen LogP contribution in [-0.4, -0.2) is 63.9 Å². The van der Waals surface area contributed by atoms with Crippen molar-refractivity contribution < 1.29 is 29.7 Å². The zero-order valence-electron chi connectivity index (χ0n) is 15.3. The van der Waals surface area contributed by atoms with Crippen molar-refractivity contribution in [2.75, 3.05) is 13.6 Å². The van der Waals surface area contributed by atoms with E-state index in [0.29, 0.717) is 0 Å². The molecule has 8 heteroatoms. The molecule has 0 radical (unpaired) electrons. The molecule has 0 unspecified atom stereocenters. The highest BCUT2D eigenvalue weighted by Crippen LogP contribution is 2.19. The lowest BCUT2D eigenvalue weighted by atomic mass is 10.0. The van der Waals surface area contributed by atoms with E-state index in [1.165, 1.54) is 7.05 Å². The predicted molar refractivity (Wildman–Crippen MR) is 102 cm³/mol. The van der Waals surface area contributed by atoms with E-state index in [-0.39, 0.29) is 6.42 Å². The Bertz CT molecular complexity index is 822. The van der Waals surface area contributed by atoms with Gasteiger partial charge in [-0.3, -0.25) is 0 Å². The summed E-state index contributed by atoms with van der Waals surface area (Å²) in [5, 5.41) is 29.7. The van der Waals surface area contributed by atoms with Gasteiger partial charge in [0.15, 0.2) is 6.10 Å². The van der Waals surface area contributed by atoms with Gasteiger partial charge in [-0.1, -0.05) is 54.6 Å². The maximum absolute atomic E-state index is 12.1. The molecule has 0 bridgehead atoms. The Labute approximate surface area is 162 Å². The minimum Gasteiger partial charge on any atom is -0.480 e. The molecule has 0 aliphatic rings. The van der Waals surface area contributed by atoms with Gasteiger partial charge in [-0.15, -0.1) is 0 Å². The smallest absolute Gasteiger partial charge is 0.334 e. The Balaban J connectivity index is 2.01. The van der Waals surface area contributed by atoms with Crippen LogP contribution in [0.15, 0.2) is 54.6 Å². The van der Waals surface area contributed by atoms with Crippen LogP contribution in [0.1, 0.15) is 5.56 Å². The van der Waals surface area contributed by atoms with Crippen LogP contribution in [0, 0.1) is 0 Å². The van der Waals surface area contributed by atoms with Crippen LogP contribution in [0.4, 0.5) is 4.79 Å². The summed E-state index contributed by atoms with van der Waals surface area (Å²) in [5.41, 5.74) is 2.75. The van der Waals surface area contributed by atoms with Gasteiger partial charge >= 0.3 is 18.0 Å². The Kier molecular flexibility index (Phi) is 7.11. The average molecular weight is 386 g/mol. The summed E-state index contributed by atoms with van der Waals surface area (Å²) in [7, 11) is 1.27. The molecule has 0 spiro atoms. The van der Waals surface area contributed by atoms with Crippen LogP contribution in [0.25, 0.3) is 11.1 Å². The van der Waals surface area contributed by atoms with Gasteiger partial charge < -0.3 is 25.5 Å². The van der Waals surface area contributed by atoms with Crippen molar-refractivity contribution in [3.8, 4) is 11.1 Å². The summed E-state index contributed by atoms with van der Waals surface area (Å²) in [4.78, 5) is 35.2. The molecular formula is C20H22N2O6. The molecule has 0 aliphatic heterocycles. The second-order valence-electron chi connectivity index (χ2n) is 6.34. The Morgan fingerprint density at radius 3 is 2.04 bits per heavy atom. The minimum absolute atomic E-state index is 0.0610. The quantitative estimate of drug-likeness (QED) is 0.544. The number of likely N-dealkylation sites (N-methyl/N-ethyl adjacent to an activating group) is 1. The lowest BCUT2D eigenvalue weighted by molar-refractivity contribution is -0.147. The predicted octanol–water partition coefficient (Wildman–Crippen LogP) is 1.44. The summed E-state index contributed by atoms with van der Waals surface area (Å²) >= 11 is 0. The molecule has 0 fully saturated rings. The van der Waals surface area contributed by atoms with Gasteiger partial charge in [-0.25, -0.2) is 14.4 Å². The Morgan fingerprint density at radius 2 is 1.50 bits per heavy atom. The van der Waals surface area contributed by atoms with Crippen molar-refractivity contribution >= 4 is 18.0 Å². The van der Waals surface area contributed by atoms with Gasteiger partial charge in [-0.2, -0.15) is 0 Å². The fourth-order valence-electron chi connectivity index (χ4n) is 2.58. The van der Waals surface area contributed by atoms with Gasteiger partial charge in [0.1, 0.15) is 6.04 Å². The highest BCUT2D eigenvalue weighted by atomic mass is 16.4. The lowest BCUT2D eigenvalue weighted by Crippen LogP contribution is -2.50. The van der Waals surface area contributed by atoms with Crippen LogP contribution in [-0.2, 0) is 16.0 Å². The number of aliphatic carboxylic acids is 2. The number of nitrogens with zero attached hydrogens (tertiary/aromatic N) is 1. The van der Waals surface area contributed by atoms with E-state index in [4.69, 9.17) is 5.11 Å². The standard InChI is InChI=1S/C20H22N2O6/c1-22(12-17(23)19(26)27)20(28)21-16(18(24)25)11-13-7-9-15(10-8-13)14-5-3-2-4-6-14/h2-10,16-17,23H,11-12H2,1H3,(H,21,28)(H,24,25)(H,26,27)/t16-,17-/m0/s1. The molecule has 8 nitrogen and oxygen atoms in total. The van der Waals surface area contributed by atoms with Gasteiger partial charge in [-0.05, 0) is 16.7 Å². The highest BCUT2D eigenvalue weighted by Gasteiger charge is 2.24. The maximum Gasteiger partial charge on any atom is 0.334 e. The SMILES string of the molecule is CN(C[C@H](O)C(=O)O)C(=O)N[C@@H](Cc1ccc(-c2ccccc2)cc1)C(=O)O. The number of amides is 2. The first-order valence-corrected chi connectivity index (χ1v) is 8.57. The molecule has 148 valence electrons. The molecule has 2 atom stereocenters. The molecule has 2 amide bonds. The minimum atomic E-state index is -1.75. The Morgan fingerprint density at radius 1 is 0.929 bits per heavy atom. The summed E-state index contributed by atoms with van der Waals surface area (Å²) in [6.45, 7) is -0.459. The van der Waals surface area contributed by atoms with Crippen molar-refractivity contribution in [3.63, 3.8) is 0 Å². The topological polar surface area (TPSA) is 127 Å². The maximum atomic E-state index is 12.1. The van der Waals surface area contributed by atoms with Crippen LogP contribution in [0.2, 0.25) is 0 Å². The van der Waals surface area contributed by atoms with Crippen molar-refractivity contribution in [3.05, 3.63) is 60.2 Å².